The molecule has 0 fully saturated rings. The zero-order valence-corrected chi connectivity index (χ0v) is 16.6. The smallest absolute Gasteiger partial charge is 0.407 e. The number of amides is 1. The van der Waals surface area contributed by atoms with Crippen molar-refractivity contribution in [3.05, 3.63) is 46.0 Å². The average Bonchev–Trinajstić information content (AvgIpc) is 2.57. The van der Waals surface area contributed by atoms with Gasteiger partial charge in [-0.15, -0.1) is 0 Å². The Labute approximate surface area is 163 Å². The number of rotatable bonds is 9. The fourth-order valence-corrected chi connectivity index (χ4v) is 1.98. The van der Waals surface area contributed by atoms with Gasteiger partial charge in [0.2, 0.25) is 0 Å². The Balaban J connectivity index is 2.56. The van der Waals surface area contributed by atoms with Crippen molar-refractivity contribution in [1.82, 2.24) is 5.32 Å². The largest absolute Gasteiger partial charge is 0.494 e. The van der Waals surface area contributed by atoms with Gasteiger partial charge in [0, 0.05) is 18.2 Å². The minimum atomic E-state index is -0.631. The molecule has 1 aromatic rings. The van der Waals surface area contributed by atoms with Crippen LogP contribution < -0.4 is 10.1 Å². The van der Waals surface area contributed by atoms with E-state index in [4.69, 9.17) is 14.2 Å². The van der Waals surface area contributed by atoms with Gasteiger partial charge in [-0.3, -0.25) is 10.1 Å². The van der Waals surface area contributed by atoms with Crippen molar-refractivity contribution >= 4 is 17.7 Å². The maximum absolute atomic E-state index is 11.5. The molecule has 1 aromatic carbocycles. The normalized spacial score (nSPS) is 10.7. The highest BCUT2D eigenvalue weighted by Crippen LogP contribution is 2.25. The minimum Gasteiger partial charge on any atom is -0.494 e. The van der Waals surface area contributed by atoms with Gasteiger partial charge in [-0.05, 0) is 46.2 Å². The van der Waals surface area contributed by atoms with E-state index in [2.05, 4.69) is 11.9 Å². The summed E-state index contributed by atoms with van der Waals surface area (Å²) < 4.78 is 15.6. The van der Waals surface area contributed by atoms with E-state index in [9.17, 15) is 19.7 Å². The Bertz CT molecular complexity index is 738. The van der Waals surface area contributed by atoms with Crippen LogP contribution >= 0.6 is 0 Å². The Kier molecular flexibility index (Phi) is 8.43. The lowest BCUT2D eigenvalue weighted by atomic mass is 10.2. The van der Waals surface area contributed by atoms with Gasteiger partial charge in [0.15, 0.2) is 0 Å². The lowest BCUT2D eigenvalue weighted by molar-refractivity contribution is -0.385. The summed E-state index contributed by atoms with van der Waals surface area (Å²) in [5, 5.41) is 13.7. The molecule has 0 bridgehead atoms. The van der Waals surface area contributed by atoms with Crippen molar-refractivity contribution in [1.29, 1.82) is 0 Å². The van der Waals surface area contributed by atoms with Crippen molar-refractivity contribution in [2.75, 3.05) is 13.2 Å². The minimum absolute atomic E-state index is 0.173. The van der Waals surface area contributed by atoms with Crippen molar-refractivity contribution in [2.45, 2.75) is 46.3 Å². The quantitative estimate of drug-likeness (QED) is 0.224. The molecule has 0 spiro atoms. The predicted molar refractivity (Wildman–Crippen MR) is 102 cm³/mol. The number of alkyl carbamates (subject to hydrolysis) is 1. The Morgan fingerprint density at radius 2 is 1.96 bits per heavy atom. The highest BCUT2D eigenvalue weighted by Gasteiger charge is 2.17. The first-order chi connectivity index (χ1) is 13.0. The van der Waals surface area contributed by atoms with Crippen LogP contribution in [0.25, 0.3) is 0 Å². The van der Waals surface area contributed by atoms with Crippen LogP contribution in [0.4, 0.5) is 10.5 Å². The van der Waals surface area contributed by atoms with Crippen LogP contribution in [0, 0.1) is 10.1 Å². The van der Waals surface area contributed by atoms with Crippen LogP contribution in [0.1, 0.15) is 39.7 Å². The first kappa shape index (κ1) is 22.9. The molecule has 0 aliphatic heterocycles. The Morgan fingerprint density at radius 3 is 2.54 bits per heavy atom. The van der Waals surface area contributed by atoms with E-state index in [-0.39, 0.29) is 30.0 Å². The zero-order valence-electron chi connectivity index (χ0n) is 16.6. The van der Waals surface area contributed by atoms with Crippen LogP contribution in [0.3, 0.4) is 0 Å². The standard InChI is InChI=1S/C19H26N2O7/c1-13(2)17(22)27-12-14-11-15(7-8-16(14)21(24)25)26-10-6-9-20-18(23)28-19(3,4)5/h7-8,11H,1,6,9-10,12H2,2-5H3,(H,20,23). The van der Waals surface area contributed by atoms with E-state index < -0.39 is 22.6 Å². The third-order valence-electron chi connectivity index (χ3n) is 3.21. The number of carbonyl (C=O) groups is 2. The Morgan fingerprint density at radius 1 is 1.29 bits per heavy atom. The number of hydrogen-bond acceptors (Lipinski definition) is 7. The van der Waals surface area contributed by atoms with E-state index >= 15 is 0 Å². The van der Waals surface area contributed by atoms with E-state index in [1.807, 2.05) is 0 Å². The highest BCUT2D eigenvalue weighted by molar-refractivity contribution is 5.86. The fraction of sp³-hybridized carbons (Fsp3) is 0.474. The zero-order chi connectivity index (χ0) is 21.3. The molecule has 0 aliphatic carbocycles. The molecule has 1 N–H and O–H groups in total. The highest BCUT2D eigenvalue weighted by atomic mass is 16.6. The van der Waals surface area contributed by atoms with Crippen molar-refractivity contribution in [3.8, 4) is 5.75 Å². The molecule has 0 heterocycles. The maximum atomic E-state index is 11.5. The lowest BCUT2D eigenvalue weighted by Gasteiger charge is -2.19. The van der Waals surface area contributed by atoms with Gasteiger partial charge in [0.05, 0.1) is 17.1 Å². The maximum Gasteiger partial charge on any atom is 0.407 e. The summed E-state index contributed by atoms with van der Waals surface area (Å²) in [4.78, 5) is 33.6. The summed E-state index contributed by atoms with van der Waals surface area (Å²) in [6.45, 7) is 10.6. The molecular weight excluding hydrogens is 368 g/mol. The van der Waals surface area contributed by atoms with Gasteiger partial charge in [-0.1, -0.05) is 6.58 Å². The van der Waals surface area contributed by atoms with Crippen LogP contribution in [-0.2, 0) is 20.9 Å². The third kappa shape index (κ3) is 8.52. The number of nitro benzene ring substituents is 1. The molecule has 1 amide bonds. The number of nitrogens with one attached hydrogen (secondary N) is 1. The molecule has 0 aliphatic rings. The topological polar surface area (TPSA) is 117 Å². The van der Waals surface area contributed by atoms with E-state index in [0.29, 0.717) is 18.7 Å². The SMILES string of the molecule is C=C(C)C(=O)OCc1cc(OCCCNC(=O)OC(C)(C)C)ccc1[N+](=O)[O-]. The molecule has 9 nitrogen and oxygen atoms in total. The summed E-state index contributed by atoms with van der Waals surface area (Å²) in [5.41, 5.74) is -0.325. The van der Waals surface area contributed by atoms with Crippen molar-refractivity contribution < 1.29 is 28.7 Å². The van der Waals surface area contributed by atoms with Gasteiger partial charge in [-0.2, -0.15) is 0 Å². The second-order valence-electron chi connectivity index (χ2n) is 7.03. The molecule has 0 saturated carbocycles. The summed E-state index contributed by atoms with van der Waals surface area (Å²) in [7, 11) is 0. The number of ether oxygens (including phenoxy) is 3. The van der Waals surface area contributed by atoms with Crippen molar-refractivity contribution in [3.63, 3.8) is 0 Å². The van der Waals surface area contributed by atoms with Crippen LogP contribution in [0.2, 0.25) is 0 Å². The average molecular weight is 394 g/mol. The second kappa shape index (κ2) is 10.3. The Hall–Kier alpha value is -3.10. The van der Waals surface area contributed by atoms with E-state index in [0.717, 1.165) is 0 Å². The summed E-state index contributed by atoms with van der Waals surface area (Å²) in [6.07, 6.45) is 0.000359. The van der Waals surface area contributed by atoms with Gasteiger partial charge < -0.3 is 19.5 Å². The first-order valence-corrected chi connectivity index (χ1v) is 8.69. The predicted octanol–water partition coefficient (Wildman–Crippen LogP) is 3.51. The van der Waals surface area contributed by atoms with Crippen LogP contribution in [-0.4, -0.2) is 35.7 Å². The number of nitro groups is 1. The number of carbonyl (C=O) groups excluding carboxylic acids is 2. The molecule has 0 aromatic heterocycles. The lowest BCUT2D eigenvalue weighted by Crippen LogP contribution is -2.33. The van der Waals surface area contributed by atoms with Gasteiger partial charge in [-0.25, -0.2) is 9.59 Å². The molecule has 9 heteroatoms. The summed E-state index contributed by atoms with van der Waals surface area (Å²) in [5.74, 6) is -0.238. The van der Waals surface area contributed by atoms with Gasteiger partial charge in [0.1, 0.15) is 18.0 Å². The molecule has 28 heavy (non-hydrogen) atoms. The molecule has 1 rings (SSSR count). The molecule has 0 atom stereocenters. The van der Waals surface area contributed by atoms with Crippen LogP contribution in [0.5, 0.6) is 5.75 Å². The van der Waals surface area contributed by atoms with Gasteiger partial charge in [0.25, 0.3) is 5.69 Å². The molecular formula is C19H26N2O7. The third-order valence-corrected chi connectivity index (χ3v) is 3.21. The number of nitrogens with zero attached hydrogens (tertiary/aromatic N) is 1. The summed E-state index contributed by atoms with van der Waals surface area (Å²) >= 11 is 0. The van der Waals surface area contributed by atoms with Crippen LogP contribution in [0.15, 0.2) is 30.4 Å². The van der Waals surface area contributed by atoms with Gasteiger partial charge >= 0.3 is 12.1 Å². The van der Waals surface area contributed by atoms with Crippen molar-refractivity contribution in [2.24, 2.45) is 0 Å². The number of esters is 1. The first-order valence-electron chi connectivity index (χ1n) is 8.69. The molecule has 0 radical (unpaired) electrons. The van der Waals surface area contributed by atoms with E-state index in [1.54, 1.807) is 20.8 Å². The summed E-state index contributed by atoms with van der Waals surface area (Å²) in [6, 6.07) is 4.20. The number of hydrogen-bond donors (Lipinski definition) is 1. The fourth-order valence-electron chi connectivity index (χ4n) is 1.98. The second-order valence-corrected chi connectivity index (χ2v) is 7.03. The molecule has 0 unspecified atom stereocenters. The van der Waals surface area contributed by atoms with E-state index in [1.165, 1.54) is 25.1 Å². The monoisotopic (exact) mass is 394 g/mol. The number of benzene rings is 1. The molecule has 0 saturated heterocycles. The molecule has 154 valence electrons.